The Balaban J connectivity index is 2.36. The highest BCUT2D eigenvalue weighted by Crippen LogP contribution is 2.42. The van der Waals surface area contributed by atoms with Crippen molar-refractivity contribution >= 4 is 0 Å². The molecule has 0 spiro atoms. The van der Waals surface area contributed by atoms with E-state index in [1.807, 2.05) is 0 Å². The summed E-state index contributed by atoms with van der Waals surface area (Å²) in [6, 6.07) is 1.15. The molecule has 0 radical (unpaired) electrons. The van der Waals surface area contributed by atoms with Crippen LogP contribution in [0.4, 0.5) is 0 Å². The predicted molar refractivity (Wildman–Crippen MR) is 78.0 cm³/mol. The normalized spacial score (nSPS) is 28.2. The number of hydrogen-bond donors (Lipinski definition) is 1. The molecule has 3 heteroatoms. The molecule has 1 N–H and O–H groups in total. The van der Waals surface area contributed by atoms with Gasteiger partial charge in [0.05, 0.1) is 6.10 Å². The fourth-order valence-electron chi connectivity index (χ4n) is 2.92. The van der Waals surface area contributed by atoms with E-state index in [-0.39, 0.29) is 5.41 Å². The van der Waals surface area contributed by atoms with Crippen molar-refractivity contribution in [2.24, 2.45) is 5.41 Å². The Hall–Kier alpha value is -0.120. The SMILES string of the molecule is CCOC1CC(NC(C)CN(CC)CC)C1(C)C. The van der Waals surface area contributed by atoms with Gasteiger partial charge in [0, 0.05) is 30.7 Å². The molecule has 0 bridgehead atoms. The molecule has 1 rings (SSSR count). The predicted octanol–water partition coefficient (Wildman–Crippen LogP) is 2.51. The van der Waals surface area contributed by atoms with E-state index in [9.17, 15) is 0 Å². The highest BCUT2D eigenvalue weighted by Gasteiger charge is 2.48. The van der Waals surface area contributed by atoms with Gasteiger partial charge in [0.25, 0.3) is 0 Å². The molecule has 108 valence electrons. The summed E-state index contributed by atoms with van der Waals surface area (Å²) in [5, 5.41) is 3.77. The van der Waals surface area contributed by atoms with E-state index in [0.29, 0.717) is 18.2 Å². The van der Waals surface area contributed by atoms with Gasteiger partial charge in [0.1, 0.15) is 0 Å². The Morgan fingerprint density at radius 3 is 2.33 bits per heavy atom. The maximum Gasteiger partial charge on any atom is 0.0655 e. The Bertz CT molecular complexity index is 239. The van der Waals surface area contributed by atoms with Crippen molar-refractivity contribution in [3.63, 3.8) is 0 Å². The molecular weight excluding hydrogens is 224 g/mol. The first-order valence-electron chi connectivity index (χ1n) is 7.55. The quantitative estimate of drug-likeness (QED) is 0.722. The van der Waals surface area contributed by atoms with Crippen LogP contribution in [0.5, 0.6) is 0 Å². The van der Waals surface area contributed by atoms with Gasteiger partial charge in [0.2, 0.25) is 0 Å². The first kappa shape index (κ1) is 15.9. The summed E-state index contributed by atoms with van der Waals surface area (Å²) < 4.78 is 5.78. The van der Waals surface area contributed by atoms with Crippen LogP contribution in [0.1, 0.15) is 48.0 Å². The van der Waals surface area contributed by atoms with Gasteiger partial charge >= 0.3 is 0 Å². The van der Waals surface area contributed by atoms with Crippen molar-refractivity contribution in [1.82, 2.24) is 10.2 Å². The number of ether oxygens (including phenoxy) is 1. The van der Waals surface area contributed by atoms with Crippen LogP contribution in [0, 0.1) is 5.41 Å². The van der Waals surface area contributed by atoms with Crippen LogP contribution in [0.2, 0.25) is 0 Å². The zero-order chi connectivity index (χ0) is 13.8. The van der Waals surface area contributed by atoms with Crippen LogP contribution in [0.15, 0.2) is 0 Å². The third-order valence-electron chi connectivity index (χ3n) is 4.46. The van der Waals surface area contributed by atoms with Crippen molar-refractivity contribution in [3.8, 4) is 0 Å². The van der Waals surface area contributed by atoms with Gasteiger partial charge in [-0.3, -0.25) is 0 Å². The average Bonchev–Trinajstić information content (AvgIpc) is 2.34. The molecule has 0 aliphatic heterocycles. The molecule has 18 heavy (non-hydrogen) atoms. The van der Waals surface area contributed by atoms with Gasteiger partial charge in [0.15, 0.2) is 0 Å². The first-order valence-corrected chi connectivity index (χ1v) is 7.55. The van der Waals surface area contributed by atoms with E-state index in [1.54, 1.807) is 0 Å². The van der Waals surface area contributed by atoms with Crippen LogP contribution in [-0.2, 0) is 4.74 Å². The van der Waals surface area contributed by atoms with E-state index >= 15 is 0 Å². The van der Waals surface area contributed by atoms with E-state index in [0.717, 1.165) is 32.7 Å². The summed E-state index contributed by atoms with van der Waals surface area (Å²) in [7, 11) is 0. The second-order valence-corrected chi connectivity index (χ2v) is 6.11. The molecule has 1 saturated carbocycles. The Morgan fingerprint density at radius 1 is 1.28 bits per heavy atom. The molecule has 1 aliphatic rings. The molecule has 0 aromatic rings. The van der Waals surface area contributed by atoms with Gasteiger partial charge < -0.3 is 15.0 Å². The summed E-state index contributed by atoms with van der Waals surface area (Å²) in [5.74, 6) is 0. The fraction of sp³-hybridized carbons (Fsp3) is 1.00. The Morgan fingerprint density at radius 2 is 1.89 bits per heavy atom. The largest absolute Gasteiger partial charge is 0.378 e. The van der Waals surface area contributed by atoms with Gasteiger partial charge in [-0.15, -0.1) is 0 Å². The number of nitrogens with one attached hydrogen (secondary N) is 1. The van der Waals surface area contributed by atoms with E-state index in [2.05, 4.69) is 51.8 Å². The van der Waals surface area contributed by atoms with Crippen molar-refractivity contribution < 1.29 is 4.74 Å². The maximum atomic E-state index is 5.78. The van der Waals surface area contributed by atoms with E-state index < -0.39 is 0 Å². The van der Waals surface area contributed by atoms with Crippen LogP contribution in [0.3, 0.4) is 0 Å². The third kappa shape index (κ3) is 3.69. The second-order valence-electron chi connectivity index (χ2n) is 6.11. The minimum absolute atomic E-state index is 0.271. The highest BCUT2D eigenvalue weighted by atomic mass is 16.5. The minimum atomic E-state index is 0.271. The summed E-state index contributed by atoms with van der Waals surface area (Å²) in [4.78, 5) is 2.48. The number of likely N-dealkylation sites (N-methyl/N-ethyl adjacent to an activating group) is 1. The molecule has 0 aromatic carbocycles. The molecule has 3 atom stereocenters. The number of rotatable bonds is 8. The van der Waals surface area contributed by atoms with Crippen molar-refractivity contribution in [2.45, 2.75) is 66.2 Å². The van der Waals surface area contributed by atoms with Crippen LogP contribution < -0.4 is 5.32 Å². The third-order valence-corrected chi connectivity index (χ3v) is 4.46. The molecule has 3 unspecified atom stereocenters. The van der Waals surface area contributed by atoms with Gasteiger partial charge in [-0.05, 0) is 33.4 Å². The number of hydrogen-bond acceptors (Lipinski definition) is 3. The first-order chi connectivity index (χ1) is 8.45. The Labute approximate surface area is 113 Å². The monoisotopic (exact) mass is 256 g/mol. The topological polar surface area (TPSA) is 24.5 Å². The van der Waals surface area contributed by atoms with Crippen LogP contribution in [-0.4, -0.2) is 49.3 Å². The molecule has 0 amide bonds. The van der Waals surface area contributed by atoms with Gasteiger partial charge in [-0.25, -0.2) is 0 Å². The molecule has 0 heterocycles. The maximum absolute atomic E-state index is 5.78. The van der Waals surface area contributed by atoms with Crippen molar-refractivity contribution in [2.75, 3.05) is 26.2 Å². The summed E-state index contributed by atoms with van der Waals surface area (Å²) >= 11 is 0. The van der Waals surface area contributed by atoms with Crippen molar-refractivity contribution in [1.29, 1.82) is 0 Å². The lowest BCUT2D eigenvalue weighted by atomic mass is 9.64. The smallest absolute Gasteiger partial charge is 0.0655 e. The van der Waals surface area contributed by atoms with Gasteiger partial charge in [-0.2, -0.15) is 0 Å². The molecular formula is C15H32N2O. The molecule has 0 saturated heterocycles. The fourth-order valence-corrected chi connectivity index (χ4v) is 2.92. The summed E-state index contributed by atoms with van der Waals surface area (Å²) in [6.07, 6.45) is 1.59. The lowest BCUT2D eigenvalue weighted by Crippen LogP contribution is -2.63. The second kappa shape index (κ2) is 6.88. The Kier molecular flexibility index (Phi) is 6.09. The lowest BCUT2D eigenvalue weighted by molar-refractivity contribution is -0.116. The van der Waals surface area contributed by atoms with E-state index in [4.69, 9.17) is 4.74 Å². The lowest BCUT2D eigenvalue weighted by Gasteiger charge is -2.53. The summed E-state index contributed by atoms with van der Waals surface area (Å²) in [5.41, 5.74) is 0.271. The average molecular weight is 256 g/mol. The zero-order valence-corrected chi connectivity index (χ0v) is 13.1. The molecule has 0 aromatic heterocycles. The molecule has 3 nitrogen and oxygen atoms in total. The van der Waals surface area contributed by atoms with Crippen LogP contribution in [0.25, 0.3) is 0 Å². The molecule has 1 fully saturated rings. The van der Waals surface area contributed by atoms with Gasteiger partial charge in [-0.1, -0.05) is 27.7 Å². The van der Waals surface area contributed by atoms with Crippen LogP contribution >= 0.6 is 0 Å². The standard InChI is InChI=1S/C15H32N2O/c1-7-17(8-2)11-12(4)16-13-10-14(18-9-3)15(13,5)6/h12-14,16H,7-11H2,1-6H3. The molecule has 1 aliphatic carbocycles. The highest BCUT2D eigenvalue weighted by molar-refractivity contribution is 5.03. The zero-order valence-electron chi connectivity index (χ0n) is 13.1. The number of nitrogens with zero attached hydrogens (tertiary/aromatic N) is 1. The van der Waals surface area contributed by atoms with E-state index in [1.165, 1.54) is 0 Å². The van der Waals surface area contributed by atoms with Crippen molar-refractivity contribution in [3.05, 3.63) is 0 Å². The minimum Gasteiger partial charge on any atom is -0.378 e. The summed E-state index contributed by atoms with van der Waals surface area (Å²) in [6.45, 7) is 17.7.